The number of amidine groups is 1. The summed E-state index contributed by atoms with van der Waals surface area (Å²) in [4.78, 5) is 0. The molecule has 0 spiro atoms. The van der Waals surface area contributed by atoms with Gasteiger partial charge in [0.15, 0.2) is 0 Å². The molecule has 94 valence electrons. The van der Waals surface area contributed by atoms with Crippen LogP contribution in [0.5, 0.6) is 0 Å². The van der Waals surface area contributed by atoms with Crippen molar-refractivity contribution in [2.45, 2.75) is 39.2 Å². The SMILES string of the molecule is CC(CC(N)=NO)Nc1ccc(C(C)C)cc1. The molecule has 4 nitrogen and oxygen atoms in total. The van der Waals surface area contributed by atoms with Crippen molar-refractivity contribution >= 4 is 11.5 Å². The molecule has 4 N–H and O–H groups in total. The van der Waals surface area contributed by atoms with E-state index in [9.17, 15) is 0 Å². The third-order valence-electron chi connectivity index (χ3n) is 2.63. The number of anilines is 1. The van der Waals surface area contributed by atoms with Crippen molar-refractivity contribution in [3.05, 3.63) is 29.8 Å². The van der Waals surface area contributed by atoms with E-state index in [1.54, 1.807) is 0 Å². The smallest absolute Gasteiger partial charge is 0.141 e. The van der Waals surface area contributed by atoms with Crippen LogP contribution in [0.15, 0.2) is 29.4 Å². The summed E-state index contributed by atoms with van der Waals surface area (Å²) >= 11 is 0. The molecule has 0 aliphatic heterocycles. The number of nitrogens with zero attached hydrogens (tertiary/aromatic N) is 1. The van der Waals surface area contributed by atoms with Gasteiger partial charge in [0.05, 0.1) is 0 Å². The normalized spacial score (nSPS) is 13.8. The van der Waals surface area contributed by atoms with Crippen molar-refractivity contribution in [2.75, 3.05) is 5.32 Å². The molecule has 17 heavy (non-hydrogen) atoms. The Morgan fingerprint density at radius 1 is 1.29 bits per heavy atom. The highest BCUT2D eigenvalue weighted by Gasteiger charge is 2.05. The monoisotopic (exact) mass is 235 g/mol. The Morgan fingerprint density at radius 3 is 2.35 bits per heavy atom. The van der Waals surface area contributed by atoms with Gasteiger partial charge in [0.1, 0.15) is 5.84 Å². The number of oxime groups is 1. The van der Waals surface area contributed by atoms with Crippen LogP contribution < -0.4 is 11.1 Å². The Balaban J connectivity index is 2.57. The van der Waals surface area contributed by atoms with Gasteiger partial charge in [0.2, 0.25) is 0 Å². The van der Waals surface area contributed by atoms with Crippen LogP contribution in [0, 0.1) is 0 Å². The minimum atomic E-state index is 0.135. The number of hydrogen-bond donors (Lipinski definition) is 3. The maximum absolute atomic E-state index is 8.48. The molecular formula is C13H21N3O. The van der Waals surface area contributed by atoms with Gasteiger partial charge in [-0.3, -0.25) is 0 Å². The molecule has 0 aliphatic carbocycles. The fourth-order valence-electron chi connectivity index (χ4n) is 1.65. The number of hydrogen-bond acceptors (Lipinski definition) is 3. The first-order chi connectivity index (χ1) is 8.02. The quantitative estimate of drug-likeness (QED) is 0.318. The molecule has 0 radical (unpaired) electrons. The molecule has 0 heterocycles. The van der Waals surface area contributed by atoms with E-state index in [0.717, 1.165) is 5.69 Å². The molecule has 0 fully saturated rings. The number of nitrogens with two attached hydrogens (primary N) is 1. The Labute approximate surface area is 103 Å². The Morgan fingerprint density at radius 2 is 1.88 bits per heavy atom. The topological polar surface area (TPSA) is 70.6 Å². The standard InChI is InChI=1S/C13H21N3O/c1-9(2)11-4-6-12(7-5-11)15-10(3)8-13(14)16-17/h4-7,9-10,15,17H,8H2,1-3H3,(H2,14,16). The van der Waals surface area contributed by atoms with Gasteiger partial charge in [-0.15, -0.1) is 0 Å². The lowest BCUT2D eigenvalue weighted by Gasteiger charge is -2.15. The van der Waals surface area contributed by atoms with Crippen LogP contribution in [0.3, 0.4) is 0 Å². The van der Waals surface area contributed by atoms with E-state index >= 15 is 0 Å². The molecule has 1 atom stereocenters. The van der Waals surface area contributed by atoms with Gasteiger partial charge in [0.25, 0.3) is 0 Å². The molecule has 1 unspecified atom stereocenters. The predicted octanol–water partition coefficient (Wildman–Crippen LogP) is 2.75. The molecule has 1 rings (SSSR count). The molecule has 1 aromatic rings. The van der Waals surface area contributed by atoms with Gasteiger partial charge in [-0.1, -0.05) is 31.1 Å². The zero-order valence-corrected chi connectivity index (χ0v) is 10.6. The molecule has 0 aromatic heterocycles. The van der Waals surface area contributed by atoms with Crippen LogP contribution in [0.4, 0.5) is 5.69 Å². The van der Waals surface area contributed by atoms with Crippen LogP contribution in [-0.4, -0.2) is 17.1 Å². The van der Waals surface area contributed by atoms with E-state index in [2.05, 4.69) is 48.6 Å². The molecule has 0 saturated carbocycles. The van der Waals surface area contributed by atoms with E-state index < -0.39 is 0 Å². The molecule has 0 amide bonds. The largest absolute Gasteiger partial charge is 0.409 e. The highest BCUT2D eigenvalue weighted by molar-refractivity contribution is 5.80. The van der Waals surface area contributed by atoms with E-state index in [-0.39, 0.29) is 11.9 Å². The zero-order valence-electron chi connectivity index (χ0n) is 10.6. The van der Waals surface area contributed by atoms with Crippen molar-refractivity contribution in [1.82, 2.24) is 0 Å². The van der Waals surface area contributed by atoms with E-state index in [0.29, 0.717) is 12.3 Å². The summed E-state index contributed by atoms with van der Waals surface area (Å²) in [6.07, 6.45) is 0.516. The molecule has 4 heteroatoms. The first-order valence-corrected chi connectivity index (χ1v) is 5.85. The highest BCUT2D eigenvalue weighted by atomic mass is 16.4. The number of nitrogens with one attached hydrogen (secondary N) is 1. The Bertz CT molecular complexity index is 371. The van der Waals surface area contributed by atoms with E-state index in [4.69, 9.17) is 10.9 Å². The third kappa shape index (κ3) is 4.34. The van der Waals surface area contributed by atoms with Crippen molar-refractivity contribution in [3.63, 3.8) is 0 Å². The van der Waals surface area contributed by atoms with Crippen LogP contribution in [0.25, 0.3) is 0 Å². The lowest BCUT2D eigenvalue weighted by atomic mass is 10.0. The summed E-state index contributed by atoms with van der Waals surface area (Å²) < 4.78 is 0. The molecule has 0 saturated heterocycles. The minimum absolute atomic E-state index is 0.135. The predicted molar refractivity (Wildman–Crippen MR) is 71.6 cm³/mol. The van der Waals surface area contributed by atoms with Gasteiger partial charge in [0, 0.05) is 18.2 Å². The van der Waals surface area contributed by atoms with Crippen LogP contribution in [-0.2, 0) is 0 Å². The van der Waals surface area contributed by atoms with E-state index in [1.807, 2.05) is 6.92 Å². The van der Waals surface area contributed by atoms with Crippen molar-refractivity contribution in [3.8, 4) is 0 Å². The van der Waals surface area contributed by atoms with Crippen molar-refractivity contribution in [2.24, 2.45) is 10.9 Å². The van der Waals surface area contributed by atoms with Gasteiger partial charge in [-0.25, -0.2) is 0 Å². The Kier molecular flexibility index (Phi) is 4.82. The van der Waals surface area contributed by atoms with Crippen molar-refractivity contribution < 1.29 is 5.21 Å². The second kappa shape index (κ2) is 6.13. The zero-order chi connectivity index (χ0) is 12.8. The minimum Gasteiger partial charge on any atom is -0.409 e. The first kappa shape index (κ1) is 13.4. The summed E-state index contributed by atoms with van der Waals surface area (Å²) in [6, 6.07) is 8.47. The average Bonchev–Trinajstić information content (AvgIpc) is 2.29. The summed E-state index contributed by atoms with van der Waals surface area (Å²) in [5.74, 6) is 0.780. The molecule has 0 aliphatic rings. The van der Waals surface area contributed by atoms with E-state index in [1.165, 1.54) is 5.56 Å². The highest BCUT2D eigenvalue weighted by Crippen LogP contribution is 2.17. The molecular weight excluding hydrogens is 214 g/mol. The van der Waals surface area contributed by atoms with Gasteiger partial charge < -0.3 is 16.3 Å². The summed E-state index contributed by atoms with van der Waals surface area (Å²) in [5.41, 5.74) is 7.82. The second-order valence-corrected chi connectivity index (χ2v) is 4.62. The summed E-state index contributed by atoms with van der Waals surface area (Å²) in [6.45, 7) is 6.33. The lowest BCUT2D eigenvalue weighted by Crippen LogP contribution is -2.24. The van der Waals surface area contributed by atoms with Gasteiger partial charge in [-0.05, 0) is 30.5 Å². The van der Waals surface area contributed by atoms with Crippen LogP contribution in [0.2, 0.25) is 0 Å². The lowest BCUT2D eigenvalue weighted by molar-refractivity contribution is 0.316. The summed E-state index contributed by atoms with van der Waals surface area (Å²) in [5, 5.41) is 14.7. The molecule has 0 bridgehead atoms. The third-order valence-corrected chi connectivity index (χ3v) is 2.63. The maximum Gasteiger partial charge on any atom is 0.141 e. The van der Waals surface area contributed by atoms with Crippen LogP contribution in [0.1, 0.15) is 38.7 Å². The number of benzene rings is 1. The van der Waals surface area contributed by atoms with Crippen LogP contribution >= 0.6 is 0 Å². The average molecular weight is 235 g/mol. The fourth-order valence-corrected chi connectivity index (χ4v) is 1.65. The Hall–Kier alpha value is -1.71. The fraction of sp³-hybridized carbons (Fsp3) is 0.462. The van der Waals surface area contributed by atoms with Crippen molar-refractivity contribution in [1.29, 1.82) is 0 Å². The first-order valence-electron chi connectivity index (χ1n) is 5.85. The summed E-state index contributed by atoms with van der Waals surface area (Å²) in [7, 11) is 0. The second-order valence-electron chi connectivity index (χ2n) is 4.62. The van der Waals surface area contributed by atoms with Gasteiger partial charge in [-0.2, -0.15) is 0 Å². The number of rotatable bonds is 5. The molecule has 1 aromatic carbocycles. The van der Waals surface area contributed by atoms with Gasteiger partial charge >= 0.3 is 0 Å². The maximum atomic E-state index is 8.48.